The molecule has 0 fully saturated rings. The SMILES string of the molecule is CC(C)[C@](C)(O)C#C[Si](C)(C)C. The van der Waals surface area contributed by atoms with Crippen LogP contribution in [-0.4, -0.2) is 18.8 Å². The van der Waals surface area contributed by atoms with Crippen LogP contribution in [0, 0.1) is 17.4 Å². The van der Waals surface area contributed by atoms with Gasteiger partial charge in [0.05, 0.1) is 0 Å². The zero-order valence-electron chi connectivity index (χ0n) is 9.02. The van der Waals surface area contributed by atoms with Gasteiger partial charge in [0.15, 0.2) is 0 Å². The first kappa shape index (κ1) is 11.7. The van der Waals surface area contributed by atoms with Crippen LogP contribution in [0.15, 0.2) is 0 Å². The average Bonchev–Trinajstić information content (AvgIpc) is 1.82. The van der Waals surface area contributed by atoms with Gasteiger partial charge in [0, 0.05) is 0 Å². The normalized spacial score (nSPS) is 16.7. The fourth-order valence-electron chi connectivity index (χ4n) is 0.458. The third-order valence-corrected chi connectivity index (χ3v) is 2.69. The lowest BCUT2D eigenvalue weighted by Gasteiger charge is -2.21. The van der Waals surface area contributed by atoms with Crippen molar-refractivity contribution in [3.8, 4) is 11.5 Å². The minimum absolute atomic E-state index is 0.196. The summed E-state index contributed by atoms with van der Waals surface area (Å²) in [6.07, 6.45) is 0. The molecule has 0 rings (SSSR count). The Morgan fingerprint density at radius 2 is 1.67 bits per heavy atom. The Kier molecular flexibility index (Phi) is 3.55. The zero-order valence-corrected chi connectivity index (χ0v) is 10.0. The van der Waals surface area contributed by atoms with E-state index >= 15 is 0 Å². The third-order valence-electron chi connectivity index (χ3n) is 1.81. The van der Waals surface area contributed by atoms with Crippen molar-refractivity contribution in [3.05, 3.63) is 0 Å². The monoisotopic (exact) mass is 184 g/mol. The lowest BCUT2D eigenvalue weighted by Crippen LogP contribution is -2.30. The van der Waals surface area contributed by atoms with E-state index < -0.39 is 13.7 Å². The largest absolute Gasteiger partial charge is 0.378 e. The van der Waals surface area contributed by atoms with Gasteiger partial charge in [0.25, 0.3) is 0 Å². The van der Waals surface area contributed by atoms with Crippen LogP contribution >= 0.6 is 0 Å². The predicted octanol–water partition coefficient (Wildman–Crippen LogP) is 2.27. The van der Waals surface area contributed by atoms with E-state index in [0.717, 1.165) is 0 Å². The molecule has 0 unspecified atom stereocenters. The second-order valence-corrected chi connectivity index (χ2v) is 9.55. The lowest BCUT2D eigenvalue weighted by molar-refractivity contribution is 0.0727. The summed E-state index contributed by atoms with van der Waals surface area (Å²) in [5.74, 6) is 3.16. The van der Waals surface area contributed by atoms with Gasteiger partial charge in [-0.2, -0.15) is 0 Å². The van der Waals surface area contributed by atoms with Crippen LogP contribution in [-0.2, 0) is 0 Å². The summed E-state index contributed by atoms with van der Waals surface area (Å²) < 4.78 is 0. The fraction of sp³-hybridized carbons (Fsp3) is 0.800. The Bertz CT molecular complexity index is 200. The highest BCUT2D eigenvalue weighted by atomic mass is 28.3. The van der Waals surface area contributed by atoms with Crippen LogP contribution in [0.3, 0.4) is 0 Å². The van der Waals surface area contributed by atoms with E-state index in [-0.39, 0.29) is 5.92 Å². The molecule has 2 heteroatoms. The molecular weight excluding hydrogens is 164 g/mol. The number of hydrogen-bond acceptors (Lipinski definition) is 1. The van der Waals surface area contributed by atoms with Gasteiger partial charge in [-0.15, -0.1) is 5.54 Å². The highest BCUT2D eigenvalue weighted by Gasteiger charge is 2.22. The molecule has 0 aromatic heterocycles. The molecule has 0 spiro atoms. The minimum Gasteiger partial charge on any atom is -0.378 e. The molecule has 0 aliphatic heterocycles. The van der Waals surface area contributed by atoms with Crippen molar-refractivity contribution >= 4 is 8.07 Å². The molecule has 0 aromatic rings. The van der Waals surface area contributed by atoms with Crippen molar-refractivity contribution < 1.29 is 5.11 Å². The summed E-state index contributed by atoms with van der Waals surface area (Å²) in [4.78, 5) is 0. The first-order valence-corrected chi connectivity index (χ1v) is 7.92. The molecule has 0 aliphatic carbocycles. The number of rotatable bonds is 1. The van der Waals surface area contributed by atoms with Crippen LogP contribution in [0.4, 0.5) is 0 Å². The molecular formula is C10H20OSi. The second kappa shape index (κ2) is 3.63. The van der Waals surface area contributed by atoms with E-state index in [2.05, 4.69) is 31.1 Å². The molecule has 0 amide bonds. The predicted molar refractivity (Wildman–Crippen MR) is 56.6 cm³/mol. The molecule has 1 atom stereocenters. The Hall–Kier alpha value is -0.263. The maximum absolute atomic E-state index is 9.80. The highest BCUT2D eigenvalue weighted by Crippen LogP contribution is 2.14. The summed E-state index contributed by atoms with van der Waals surface area (Å²) in [7, 11) is -1.33. The van der Waals surface area contributed by atoms with E-state index in [4.69, 9.17) is 0 Å². The average molecular weight is 184 g/mol. The van der Waals surface area contributed by atoms with Crippen molar-refractivity contribution in [3.63, 3.8) is 0 Å². The van der Waals surface area contributed by atoms with Crippen LogP contribution < -0.4 is 0 Å². The smallest absolute Gasteiger partial charge is 0.129 e. The van der Waals surface area contributed by atoms with Gasteiger partial charge in [-0.1, -0.05) is 39.4 Å². The number of hydrogen-bond donors (Lipinski definition) is 1. The molecule has 70 valence electrons. The van der Waals surface area contributed by atoms with Crippen molar-refractivity contribution in [2.45, 2.75) is 46.0 Å². The van der Waals surface area contributed by atoms with Crippen LogP contribution in [0.5, 0.6) is 0 Å². The second-order valence-electron chi connectivity index (χ2n) is 4.80. The lowest BCUT2D eigenvalue weighted by atomic mass is 9.94. The van der Waals surface area contributed by atoms with Crippen molar-refractivity contribution in [2.24, 2.45) is 5.92 Å². The first-order chi connectivity index (χ1) is 5.15. The summed E-state index contributed by atoms with van der Waals surface area (Å²) >= 11 is 0. The quantitative estimate of drug-likeness (QED) is 0.489. The van der Waals surface area contributed by atoms with Crippen LogP contribution in [0.2, 0.25) is 19.6 Å². The van der Waals surface area contributed by atoms with Gasteiger partial charge in [0.2, 0.25) is 0 Å². The van der Waals surface area contributed by atoms with E-state index in [1.165, 1.54) is 0 Å². The van der Waals surface area contributed by atoms with E-state index in [1.807, 2.05) is 13.8 Å². The maximum atomic E-state index is 9.80. The van der Waals surface area contributed by atoms with Gasteiger partial charge in [0.1, 0.15) is 13.7 Å². The minimum atomic E-state index is -1.33. The van der Waals surface area contributed by atoms with Gasteiger partial charge in [-0.05, 0) is 12.8 Å². The summed E-state index contributed by atoms with van der Waals surface area (Å²) in [5, 5.41) is 9.80. The van der Waals surface area contributed by atoms with E-state index in [1.54, 1.807) is 6.92 Å². The molecule has 0 aliphatic rings. The Morgan fingerprint density at radius 3 is 1.92 bits per heavy atom. The van der Waals surface area contributed by atoms with Gasteiger partial charge in [-0.25, -0.2) is 0 Å². The summed E-state index contributed by atoms with van der Waals surface area (Å²) in [5.41, 5.74) is 2.36. The third kappa shape index (κ3) is 4.58. The first-order valence-electron chi connectivity index (χ1n) is 4.42. The summed E-state index contributed by atoms with van der Waals surface area (Å²) in [6, 6.07) is 0. The van der Waals surface area contributed by atoms with Crippen LogP contribution in [0.25, 0.3) is 0 Å². The standard InChI is InChI=1S/C10H20OSi/c1-9(2)10(3,11)7-8-12(4,5)6/h9,11H,1-6H3/t10-/m1/s1. The summed E-state index contributed by atoms with van der Waals surface area (Å²) in [6.45, 7) is 12.3. The Balaban J connectivity index is 4.50. The molecule has 0 aromatic carbocycles. The molecule has 12 heavy (non-hydrogen) atoms. The van der Waals surface area contributed by atoms with Crippen molar-refractivity contribution in [1.29, 1.82) is 0 Å². The van der Waals surface area contributed by atoms with E-state index in [0.29, 0.717) is 0 Å². The number of aliphatic hydroxyl groups is 1. The molecule has 0 saturated heterocycles. The molecule has 0 bridgehead atoms. The van der Waals surface area contributed by atoms with Crippen molar-refractivity contribution in [2.75, 3.05) is 0 Å². The molecule has 0 heterocycles. The Morgan fingerprint density at radius 1 is 1.25 bits per heavy atom. The van der Waals surface area contributed by atoms with Crippen LogP contribution in [0.1, 0.15) is 20.8 Å². The van der Waals surface area contributed by atoms with Gasteiger partial charge < -0.3 is 5.11 Å². The molecule has 0 saturated carbocycles. The topological polar surface area (TPSA) is 20.2 Å². The fourth-order valence-corrected chi connectivity index (χ4v) is 1.09. The molecule has 1 nitrogen and oxygen atoms in total. The zero-order chi connectivity index (χ0) is 9.99. The maximum Gasteiger partial charge on any atom is 0.129 e. The Labute approximate surface area is 77.2 Å². The molecule has 1 N–H and O–H groups in total. The van der Waals surface area contributed by atoms with Gasteiger partial charge in [-0.3, -0.25) is 0 Å². The van der Waals surface area contributed by atoms with E-state index in [9.17, 15) is 5.11 Å². The van der Waals surface area contributed by atoms with Crippen molar-refractivity contribution in [1.82, 2.24) is 0 Å². The highest BCUT2D eigenvalue weighted by molar-refractivity contribution is 6.83. The van der Waals surface area contributed by atoms with Gasteiger partial charge >= 0.3 is 0 Å². The molecule has 0 radical (unpaired) electrons.